The van der Waals surface area contributed by atoms with Gasteiger partial charge in [0.2, 0.25) is 0 Å². The summed E-state index contributed by atoms with van der Waals surface area (Å²) in [6.07, 6.45) is 1.69. The van der Waals surface area contributed by atoms with E-state index in [4.69, 9.17) is 11.6 Å². The van der Waals surface area contributed by atoms with E-state index in [0.29, 0.717) is 11.3 Å². The molecule has 0 aliphatic heterocycles. The van der Waals surface area contributed by atoms with Crippen LogP contribution in [-0.2, 0) is 5.88 Å². The van der Waals surface area contributed by atoms with Gasteiger partial charge in [0, 0.05) is 23.7 Å². The average molecular weight is 314 g/mol. The molecule has 0 fully saturated rings. The summed E-state index contributed by atoms with van der Waals surface area (Å²) in [7, 11) is 0. The van der Waals surface area contributed by atoms with Crippen LogP contribution in [0.3, 0.4) is 0 Å². The largest absolute Gasteiger partial charge is 0.317 e. The van der Waals surface area contributed by atoms with Crippen molar-refractivity contribution in [3.05, 3.63) is 46.2 Å². The highest BCUT2D eigenvalue weighted by atomic mass is 35.5. The molecule has 0 saturated heterocycles. The third-order valence-corrected chi connectivity index (χ3v) is 4.29. The number of imidazole rings is 1. The second-order valence-corrected chi connectivity index (χ2v) is 5.53. The molecule has 3 aromatic rings. The van der Waals surface area contributed by atoms with E-state index in [9.17, 15) is 8.78 Å². The molecule has 0 N–H and O–H groups in total. The lowest BCUT2D eigenvalue weighted by atomic mass is 10.2. The Hall–Kier alpha value is -1.53. The monoisotopic (exact) mass is 313 g/mol. The van der Waals surface area contributed by atoms with Gasteiger partial charge in [0.25, 0.3) is 0 Å². The lowest BCUT2D eigenvalue weighted by molar-refractivity contribution is 0.588. The Bertz CT molecular complexity index is 755. The first-order valence-electron chi connectivity index (χ1n) is 5.93. The Morgan fingerprint density at radius 1 is 1.40 bits per heavy atom. The van der Waals surface area contributed by atoms with Crippen molar-refractivity contribution in [2.75, 3.05) is 0 Å². The molecule has 3 rings (SSSR count). The fourth-order valence-corrected chi connectivity index (χ4v) is 3.12. The summed E-state index contributed by atoms with van der Waals surface area (Å²) in [6, 6.07) is 1.91. The zero-order chi connectivity index (χ0) is 14.3. The molecule has 7 heteroatoms. The average Bonchev–Trinajstić information content (AvgIpc) is 3.04. The third-order valence-electron chi connectivity index (χ3n) is 3.10. The predicted octanol–water partition coefficient (Wildman–Crippen LogP) is 4.12. The van der Waals surface area contributed by atoms with Gasteiger partial charge in [-0.15, -0.1) is 22.9 Å². The smallest absolute Gasteiger partial charge is 0.153 e. The fourth-order valence-electron chi connectivity index (χ4n) is 2.25. The van der Waals surface area contributed by atoms with Crippen LogP contribution in [0.25, 0.3) is 11.0 Å². The lowest BCUT2D eigenvalue weighted by Crippen LogP contribution is -2.09. The maximum atomic E-state index is 13.8. The Labute approximate surface area is 122 Å². The van der Waals surface area contributed by atoms with E-state index in [-0.39, 0.29) is 17.4 Å². The predicted molar refractivity (Wildman–Crippen MR) is 75.1 cm³/mol. The first-order chi connectivity index (χ1) is 9.61. The van der Waals surface area contributed by atoms with Crippen LogP contribution >= 0.6 is 22.9 Å². The molecule has 0 aliphatic carbocycles. The van der Waals surface area contributed by atoms with Gasteiger partial charge >= 0.3 is 0 Å². The van der Waals surface area contributed by atoms with Crippen molar-refractivity contribution in [3.8, 4) is 0 Å². The van der Waals surface area contributed by atoms with Crippen LogP contribution in [0, 0.1) is 11.6 Å². The molecule has 2 aromatic heterocycles. The number of benzene rings is 1. The van der Waals surface area contributed by atoms with Crippen molar-refractivity contribution in [2.24, 2.45) is 0 Å². The third kappa shape index (κ3) is 2.09. The molecular formula is C13H10ClF2N3S. The molecule has 3 nitrogen and oxygen atoms in total. The van der Waals surface area contributed by atoms with Gasteiger partial charge in [0.05, 0.1) is 17.4 Å². The number of hydrogen-bond donors (Lipinski definition) is 0. The maximum absolute atomic E-state index is 13.8. The number of fused-ring (bicyclic) bond motifs is 1. The van der Waals surface area contributed by atoms with Crippen molar-refractivity contribution < 1.29 is 8.78 Å². The lowest BCUT2D eigenvalue weighted by Gasteiger charge is -2.14. The summed E-state index contributed by atoms with van der Waals surface area (Å²) in [6.45, 7) is 1.90. The van der Waals surface area contributed by atoms with Gasteiger partial charge in [-0.2, -0.15) is 0 Å². The van der Waals surface area contributed by atoms with E-state index in [1.54, 1.807) is 10.8 Å². The highest BCUT2D eigenvalue weighted by molar-refractivity contribution is 7.09. The van der Waals surface area contributed by atoms with Crippen molar-refractivity contribution in [3.63, 3.8) is 0 Å². The summed E-state index contributed by atoms with van der Waals surface area (Å²) in [5, 5.41) is 2.69. The molecule has 20 heavy (non-hydrogen) atoms. The highest BCUT2D eigenvalue weighted by Gasteiger charge is 2.21. The number of hydrogen-bond acceptors (Lipinski definition) is 3. The SMILES string of the molecule is CC(c1nccs1)n1c(CCl)nc2c(F)cc(F)cc21. The summed E-state index contributed by atoms with van der Waals surface area (Å²) >= 11 is 7.36. The Morgan fingerprint density at radius 3 is 2.85 bits per heavy atom. The summed E-state index contributed by atoms with van der Waals surface area (Å²) in [4.78, 5) is 8.41. The van der Waals surface area contributed by atoms with Crippen LogP contribution < -0.4 is 0 Å². The number of thiazole rings is 1. The van der Waals surface area contributed by atoms with E-state index < -0.39 is 11.6 Å². The molecule has 104 valence electrons. The standard InChI is InChI=1S/C13H10ClF2N3S/c1-7(13-17-2-3-20-13)19-10-5-8(15)4-9(16)12(10)18-11(19)6-14/h2-5,7H,6H2,1H3. The van der Waals surface area contributed by atoms with Crippen LogP contribution in [0.15, 0.2) is 23.7 Å². The minimum Gasteiger partial charge on any atom is -0.317 e. The first kappa shape index (κ1) is 13.5. The topological polar surface area (TPSA) is 30.7 Å². The normalized spacial score (nSPS) is 13.0. The second-order valence-electron chi connectivity index (χ2n) is 4.33. The van der Waals surface area contributed by atoms with Gasteiger partial charge < -0.3 is 4.57 Å². The second kappa shape index (κ2) is 5.10. The van der Waals surface area contributed by atoms with Crippen molar-refractivity contribution >= 4 is 34.0 Å². The quantitative estimate of drug-likeness (QED) is 0.681. The fraction of sp³-hybridized carbons (Fsp3) is 0.231. The maximum Gasteiger partial charge on any atom is 0.153 e. The minimum atomic E-state index is -0.684. The molecular weight excluding hydrogens is 304 g/mol. The van der Waals surface area contributed by atoms with Crippen molar-refractivity contribution in [1.29, 1.82) is 0 Å². The molecule has 1 unspecified atom stereocenters. The van der Waals surface area contributed by atoms with Crippen molar-refractivity contribution in [2.45, 2.75) is 18.8 Å². The number of rotatable bonds is 3. The van der Waals surface area contributed by atoms with Crippen LogP contribution in [0.1, 0.15) is 23.8 Å². The van der Waals surface area contributed by atoms with E-state index in [1.807, 2.05) is 12.3 Å². The molecule has 0 bridgehead atoms. The zero-order valence-electron chi connectivity index (χ0n) is 10.5. The molecule has 1 aromatic carbocycles. The van der Waals surface area contributed by atoms with Gasteiger partial charge in [-0.3, -0.25) is 0 Å². The molecule has 0 spiro atoms. The van der Waals surface area contributed by atoms with Gasteiger partial charge in [0.1, 0.15) is 22.2 Å². The molecule has 0 amide bonds. The van der Waals surface area contributed by atoms with Gasteiger partial charge in [-0.05, 0) is 6.92 Å². The highest BCUT2D eigenvalue weighted by Crippen LogP contribution is 2.29. The number of alkyl halides is 1. The zero-order valence-corrected chi connectivity index (χ0v) is 12.1. The Balaban J connectivity index is 2.27. The van der Waals surface area contributed by atoms with E-state index in [2.05, 4.69) is 9.97 Å². The molecule has 0 radical (unpaired) electrons. The van der Waals surface area contributed by atoms with Crippen LogP contribution in [0.5, 0.6) is 0 Å². The Morgan fingerprint density at radius 2 is 2.20 bits per heavy atom. The summed E-state index contributed by atoms with van der Waals surface area (Å²) in [5.41, 5.74) is 0.520. The van der Waals surface area contributed by atoms with Crippen LogP contribution in [0.2, 0.25) is 0 Å². The minimum absolute atomic E-state index is 0.117. The molecule has 0 aliphatic rings. The number of nitrogens with zero attached hydrogens (tertiary/aromatic N) is 3. The van der Waals surface area contributed by atoms with Crippen LogP contribution in [-0.4, -0.2) is 14.5 Å². The Kier molecular flexibility index (Phi) is 3.43. The summed E-state index contributed by atoms with van der Waals surface area (Å²) < 4.78 is 29.0. The molecule has 2 heterocycles. The van der Waals surface area contributed by atoms with E-state index in [0.717, 1.165) is 11.1 Å². The van der Waals surface area contributed by atoms with E-state index in [1.165, 1.54) is 17.4 Å². The van der Waals surface area contributed by atoms with E-state index >= 15 is 0 Å². The van der Waals surface area contributed by atoms with Crippen LogP contribution in [0.4, 0.5) is 8.78 Å². The van der Waals surface area contributed by atoms with Gasteiger partial charge in [-0.1, -0.05) is 0 Å². The number of aromatic nitrogens is 3. The molecule has 0 saturated carbocycles. The first-order valence-corrected chi connectivity index (χ1v) is 7.34. The molecule has 1 atom stereocenters. The summed E-state index contributed by atoms with van der Waals surface area (Å²) in [5.74, 6) is -0.709. The van der Waals surface area contributed by atoms with Crippen molar-refractivity contribution in [1.82, 2.24) is 14.5 Å². The van der Waals surface area contributed by atoms with Gasteiger partial charge in [-0.25, -0.2) is 18.7 Å². The van der Waals surface area contributed by atoms with Gasteiger partial charge in [0.15, 0.2) is 5.82 Å². The number of halogens is 3.